The lowest BCUT2D eigenvalue weighted by Gasteiger charge is -2.25. The zero-order chi connectivity index (χ0) is 13.7. The largest absolute Gasteiger partial charge is 0.336 e. The van der Waals surface area contributed by atoms with Gasteiger partial charge in [-0.05, 0) is 31.9 Å². The van der Waals surface area contributed by atoms with E-state index in [9.17, 15) is 4.79 Å². The summed E-state index contributed by atoms with van der Waals surface area (Å²) in [6, 6.07) is 5.90. The average molecular weight is 313 g/mol. The molecule has 0 bridgehead atoms. The van der Waals surface area contributed by atoms with E-state index in [-0.39, 0.29) is 16.7 Å². The van der Waals surface area contributed by atoms with E-state index in [0.29, 0.717) is 13.1 Å². The molecule has 1 amide bonds. The lowest BCUT2D eigenvalue weighted by molar-refractivity contribution is -0.131. The highest BCUT2D eigenvalue weighted by atomic mass is 79.9. The van der Waals surface area contributed by atoms with Crippen LogP contribution < -0.4 is 0 Å². The van der Waals surface area contributed by atoms with Crippen LogP contribution in [-0.2, 0) is 11.3 Å². The monoisotopic (exact) mass is 312 g/mol. The fourth-order valence-electron chi connectivity index (χ4n) is 1.69. The summed E-state index contributed by atoms with van der Waals surface area (Å²) in [5.74, 6) is 0.424. The van der Waals surface area contributed by atoms with Gasteiger partial charge in [0, 0.05) is 12.2 Å². The highest BCUT2D eigenvalue weighted by Gasteiger charge is 2.23. The second-order valence-electron chi connectivity index (χ2n) is 4.77. The predicted molar refractivity (Wildman–Crippen MR) is 77.6 cm³/mol. The van der Waals surface area contributed by atoms with Crippen molar-refractivity contribution in [3.63, 3.8) is 0 Å². The van der Waals surface area contributed by atoms with Crippen molar-refractivity contribution in [3.05, 3.63) is 29.6 Å². The third-order valence-corrected chi connectivity index (χ3v) is 4.26. The first-order chi connectivity index (χ1) is 8.45. The van der Waals surface area contributed by atoms with Gasteiger partial charge < -0.3 is 4.90 Å². The maximum Gasteiger partial charge on any atom is 0.236 e. The van der Waals surface area contributed by atoms with E-state index in [2.05, 4.69) is 20.9 Å². The van der Waals surface area contributed by atoms with E-state index in [1.54, 1.807) is 0 Å². The molecule has 0 fully saturated rings. The number of alkyl halides is 1. The Morgan fingerprint density at radius 2 is 2.11 bits per heavy atom. The van der Waals surface area contributed by atoms with Crippen molar-refractivity contribution >= 4 is 21.8 Å². The van der Waals surface area contributed by atoms with Gasteiger partial charge in [0.2, 0.25) is 5.91 Å². The topological polar surface area (TPSA) is 33.2 Å². The van der Waals surface area contributed by atoms with Gasteiger partial charge in [-0.2, -0.15) is 0 Å². The van der Waals surface area contributed by atoms with E-state index >= 15 is 0 Å². The van der Waals surface area contributed by atoms with E-state index in [4.69, 9.17) is 0 Å². The molecule has 0 aliphatic carbocycles. The minimum atomic E-state index is -0.123. The molecule has 1 aromatic rings. The number of nitrogens with zero attached hydrogens (tertiary/aromatic N) is 2. The molecule has 0 saturated carbocycles. The maximum absolute atomic E-state index is 12.3. The first-order valence-corrected chi connectivity index (χ1v) is 7.22. The third kappa shape index (κ3) is 4.09. The number of amides is 1. The molecule has 0 saturated heterocycles. The summed E-state index contributed by atoms with van der Waals surface area (Å²) in [6.07, 6.45) is 0. The number of carbonyl (C=O) groups is 1. The Kier molecular flexibility index (Phi) is 5.79. The molecule has 1 aromatic heterocycles. The Hall–Kier alpha value is -0.900. The van der Waals surface area contributed by atoms with Crippen LogP contribution in [0.5, 0.6) is 0 Å². The predicted octanol–water partition coefficient (Wildman–Crippen LogP) is 3.16. The molecule has 0 aliphatic heterocycles. The summed E-state index contributed by atoms with van der Waals surface area (Å²) in [7, 11) is 0. The Morgan fingerprint density at radius 1 is 1.44 bits per heavy atom. The second kappa shape index (κ2) is 6.88. The van der Waals surface area contributed by atoms with E-state index in [1.165, 1.54) is 0 Å². The van der Waals surface area contributed by atoms with E-state index in [0.717, 1.165) is 11.4 Å². The fourth-order valence-corrected chi connectivity index (χ4v) is 1.98. The molecule has 0 spiro atoms. The zero-order valence-electron chi connectivity index (χ0n) is 11.5. The second-order valence-corrected chi connectivity index (χ2v) is 5.76. The van der Waals surface area contributed by atoms with Crippen LogP contribution in [0.4, 0.5) is 0 Å². The number of aryl methyl sites for hydroxylation is 1. The molecule has 1 unspecified atom stereocenters. The summed E-state index contributed by atoms with van der Waals surface area (Å²) in [6.45, 7) is 9.30. The molecule has 18 heavy (non-hydrogen) atoms. The molecule has 0 N–H and O–H groups in total. The quantitative estimate of drug-likeness (QED) is 0.782. The highest BCUT2D eigenvalue weighted by molar-refractivity contribution is 9.10. The third-order valence-electron chi connectivity index (χ3n) is 2.81. The number of aromatic nitrogens is 1. The maximum atomic E-state index is 12.3. The lowest BCUT2D eigenvalue weighted by atomic mass is 10.1. The smallest absolute Gasteiger partial charge is 0.236 e. The van der Waals surface area contributed by atoms with Crippen LogP contribution in [0, 0.1) is 12.8 Å². The molecule has 100 valence electrons. The van der Waals surface area contributed by atoms with E-state index in [1.807, 2.05) is 50.8 Å². The van der Waals surface area contributed by atoms with Crippen molar-refractivity contribution in [2.24, 2.45) is 5.92 Å². The number of pyridine rings is 1. The van der Waals surface area contributed by atoms with Gasteiger partial charge in [0.1, 0.15) is 0 Å². The van der Waals surface area contributed by atoms with Gasteiger partial charge in [-0.15, -0.1) is 0 Å². The molecule has 4 heteroatoms. The van der Waals surface area contributed by atoms with Crippen molar-refractivity contribution < 1.29 is 4.79 Å². The minimum Gasteiger partial charge on any atom is -0.336 e. The molecular weight excluding hydrogens is 292 g/mol. The van der Waals surface area contributed by atoms with Crippen LogP contribution in [0.15, 0.2) is 18.2 Å². The average Bonchev–Trinajstić information content (AvgIpc) is 2.34. The van der Waals surface area contributed by atoms with Gasteiger partial charge in [-0.25, -0.2) is 0 Å². The Morgan fingerprint density at radius 3 is 2.61 bits per heavy atom. The number of hydrogen-bond acceptors (Lipinski definition) is 2. The van der Waals surface area contributed by atoms with Crippen molar-refractivity contribution in [1.29, 1.82) is 0 Å². The normalized spacial score (nSPS) is 12.6. The van der Waals surface area contributed by atoms with Gasteiger partial charge in [-0.3, -0.25) is 9.78 Å². The van der Waals surface area contributed by atoms with Gasteiger partial charge in [-0.1, -0.05) is 35.8 Å². The number of carbonyl (C=O) groups excluding carboxylic acids is 1. The van der Waals surface area contributed by atoms with Gasteiger partial charge in [0.25, 0.3) is 0 Å². The molecule has 3 nitrogen and oxygen atoms in total. The Bertz CT molecular complexity index is 407. The first-order valence-electron chi connectivity index (χ1n) is 6.31. The van der Waals surface area contributed by atoms with Crippen molar-refractivity contribution in [1.82, 2.24) is 9.88 Å². The number of hydrogen-bond donors (Lipinski definition) is 0. The SMILES string of the molecule is CCN(Cc1cccc(C)n1)C(=O)C(Br)C(C)C. The lowest BCUT2D eigenvalue weighted by Crippen LogP contribution is -2.38. The Labute approximate surface area is 118 Å². The summed E-state index contributed by atoms with van der Waals surface area (Å²) < 4.78 is 0. The van der Waals surface area contributed by atoms with Crippen LogP contribution in [0.1, 0.15) is 32.2 Å². The molecular formula is C14H21BrN2O. The Balaban J connectivity index is 2.76. The summed E-state index contributed by atoms with van der Waals surface area (Å²) >= 11 is 3.47. The number of halogens is 1. The summed E-state index contributed by atoms with van der Waals surface area (Å²) in [5.41, 5.74) is 1.92. The summed E-state index contributed by atoms with van der Waals surface area (Å²) in [4.78, 5) is 18.4. The van der Waals surface area contributed by atoms with Crippen LogP contribution in [-0.4, -0.2) is 27.2 Å². The van der Waals surface area contributed by atoms with Crippen LogP contribution in [0.3, 0.4) is 0 Å². The molecule has 0 radical (unpaired) electrons. The molecule has 1 atom stereocenters. The molecule has 1 rings (SSSR count). The molecule has 1 heterocycles. The fraction of sp³-hybridized carbons (Fsp3) is 0.571. The van der Waals surface area contributed by atoms with Crippen LogP contribution >= 0.6 is 15.9 Å². The van der Waals surface area contributed by atoms with Crippen molar-refractivity contribution in [3.8, 4) is 0 Å². The van der Waals surface area contributed by atoms with Crippen molar-refractivity contribution in [2.45, 2.75) is 39.1 Å². The highest BCUT2D eigenvalue weighted by Crippen LogP contribution is 2.16. The van der Waals surface area contributed by atoms with Gasteiger partial charge >= 0.3 is 0 Å². The first kappa shape index (κ1) is 15.2. The van der Waals surface area contributed by atoms with Crippen LogP contribution in [0.25, 0.3) is 0 Å². The van der Waals surface area contributed by atoms with Gasteiger partial charge in [0.15, 0.2) is 0 Å². The molecule has 0 aliphatic rings. The van der Waals surface area contributed by atoms with Crippen molar-refractivity contribution in [2.75, 3.05) is 6.54 Å². The van der Waals surface area contributed by atoms with Gasteiger partial charge in [0.05, 0.1) is 17.1 Å². The molecule has 0 aromatic carbocycles. The summed E-state index contributed by atoms with van der Waals surface area (Å²) in [5, 5.41) is 0. The minimum absolute atomic E-state index is 0.123. The zero-order valence-corrected chi connectivity index (χ0v) is 13.1. The number of rotatable bonds is 5. The van der Waals surface area contributed by atoms with Crippen LogP contribution in [0.2, 0.25) is 0 Å². The standard InChI is InChI=1S/C14H21BrN2O/c1-5-17(14(18)13(15)10(2)3)9-12-8-6-7-11(4)16-12/h6-8,10,13H,5,9H2,1-4H3. The van der Waals surface area contributed by atoms with E-state index < -0.39 is 0 Å².